The predicted octanol–water partition coefficient (Wildman–Crippen LogP) is 1.03. The summed E-state index contributed by atoms with van der Waals surface area (Å²) in [5, 5.41) is 0. The smallest absolute Gasteiger partial charge is 0.115 e. The fourth-order valence-electron chi connectivity index (χ4n) is 1.31. The highest BCUT2D eigenvalue weighted by Crippen LogP contribution is 2.30. The van der Waals surface area contributed by atoms with Gasteiger partial charge in [-0.05, 0) is 5.41 Å². The molecule has 1 aromatic heterocycles. The highest BCUT2D eigenvalue weighted by molar-refractivity contribution is 5.11. The summed E-state index contributed by atoms with van der Waals surface area (Å²) in [7, 11) is 0. The number of nitrogens with zero attached hydrogens (tertiary/aromatic N) is 2. The Balaban J connectivity index is 2.92. The number of aromatic nitrogens is 2. The lowest BCUT2D eigenvalue weighted by Gasteiger charge is -2.29. The van der Waals surface area contributed by atoms with Gasteiger partial charge in [-0.25, -0.2) is 9.97 Å². The summed E-state index contributed by atoms with van der Waals surface area (Å²) in [6, 6.07) is 0.0775. The molecule has 4 nitrogen and oxygen atoms in total. The summed E-state index contributed by atoms with van der Waals surface area (Å²) in [6.07, 6.45) is 5.07. The van der Waals surface area contributed by atoms with E-state index in [9.17, 15) is 0 Å². The quantitative estimate of drug-likeness (QED) is 0.527. The van der Waals surface area contributed by atoms with E-state index < -0.39 is 0 Å². The van der Waals surface area contributed by atoms with Gasteiger partial charge in [-0.3, -0.25) is 11.3 Å². The fraction of sp³-hybridized carbons (Fsp3) is 0.556. The maximum atomic E-state index is 5.49. The van der Waals surface area contributed by atoms with Crippen LogP contribution in [0, 0.1) is 5.41 Å². The van der Waals surface area contributed by atoms with E-state index in [0.717, 1.165) is 5.56 Å². The molecule has 0 aliphatic heterocycles. The first-order chi connectivity index (χ1) is 6.05. The maximum Gasteiger partial charge on any atom is 0.115 e. The number of hydrogen-bond donors (Lipinski definition) is 2. The molecule has 4 heteroatoms. The van der Waals surface area contributed by atoms with E-state index in [4.69, 9.17) is 5.84 Å². The second-order valence-electron chi connectivity index (χ2n) is 4.14. The van der Waals surface area contributed by atoms with Crippen molar-refractivity contribution in [1.82, 2.24) is 15.4 Å². The lowest BCUT2D eigenvalue weighted by Crippen LogP contribution is -2.36. The van der Waals surface area contributed by atoms with Crippen LogP contribution < -0.4 is 11.3 Å². The molecule has 0 aliphatic carbocycles. The van der Waals surface area contributed by atoms with Crippen LogP contribution in [0.25, 0.3) is 0 Å². The molecule has 0 aliphatic rings. The highest BCUT2D eigenvalue weighted by atomic mass is 15.2. The van der Waals surface area contributed by atoms with Crippen LogP contribution in [0.2, 0.25) is 0 Å². The van der Waals surface area contributed by atoms with Crippen molar-refractivity contribution in [3.8, 4) is 0 Å². The van der Waals surface area contributed by atoms with Crippen LogP contribution in [0.5, 0.6) is 0 Å². The van der Waals surface area contributed by atoms with Gasteiger partial charge < -0.3 is 0 Å². The van der Waals surface area contributed by atoms with Crippen LogP contribution in [-0.2, 0) is 0 Å². The Labute approximate surface area is 78.6 Å². The number of rotatable bonds is 2. The van der Waals surface area contributed by atoms with Crippen molar-refractivity contribution in [2.45, 2.75) is 26.8 Å². The van der Waals surface area contributed by atoms with Gasteiger partial charge in [0.25, 0.3) is 0 Å². The van der Waals surface area contributed by atoms with E-state index in [2.05, 4.69) is 36.2 Å². The Morgan fingerprint density at radius 2 is 1.85 bits per heavy atom. The zero-order chi connectivity index (χ0) is 9.90. The third kappa shape index (κ3) is 2.47. The summed E-state index contributed by atoms with van der Waals surface area (Å²) in [6.45, 7) is 6.35. The van der Waals surface area contributed by atoms with Gasteiger partial charge in [0.1, 0.15) is 6.33 Å². The molecule has 3 N–H and O–H groups in total. The van der Waals surface area contributed by atoms with Crippen molar-refractivity contribution in [3.63, 3.8) is 0 Å². The molecular weight excluding hydrogens is 164 g/mol. The van der Waals surface area contributed by atoms with Gasteiger partial charge in [-0.15, -0.1) is 0 Å². The molecule has 1 atom stereocenters. The fourth-order valence-corrected chi connectivity index (χ4v) is 1.31. The summed E-state index contributed by atoms with van der Waals surface area (Å²) in [5.41, 5.74) is 3.84. The van der Waals surface area contributed by atoms with Gasteiger partial charge in [-0.2, -0.15) is 0 Å². The van der Waals surface area contributed by atoms with Crippen molar-refractivity contribution in [2.75, 3.05) is 0 Å². The standard InChI is InChI=1S/C9H16N4/c1-9(2,3)8(13-10)7-4-11-6-12-5-7/h4-6,8,13H,10H2,1-3H3. The molecule has 1 aromatic rings. The summed E-state index contributed by atoms with van der Waals surface area (Å²) in [5.74, 6) is 5.49. The molecule has 0 saturated heterocycles. The maximum absolute atomic E-state index is 5.49. The van der Waals surface area contributed by atoms with Crippen LogP contribution in [-0.4, -0.2) is 9.97 Å². The molecule has 0 fully saturated rings. The van der Waals surface area contributed by atoms with Crippen LogP contribution in [0.4, 0.5) is 0 Å². The van der Waals surface area contributed by atoms with Gasteiger partial charge in [0.2, 0.25) is 0 Å². The first-order valence-electron chi connectivity index (χ1n) is 4.26. The van der Waals surface area contributed by atoms with Crippen LogP contribution >= 0.6 is 0 Å². The van der Waals surface area contributed by atoms with E-state index in [-0.39, 0.29) is 11.5 Å². The van der Waals surface area contributed by atoms with Crippen molar-refractivity contribution >= 4 is 0 Å². The predicted molar refractivity (Wildman–Crippen MR) is 51.6 cm³/mol. The molecular formula is C9H16N4. The molecule has 1 rings (SSSR count). The lowest BCUT2D eigenvalue weighted by molar-refractivity contribution is 0.274. The zero-order valence-electron chi connectivity index (χ0n) is 8.28. The highest BCUT2D eigenvalue weighted by Gasteiger charge is 2.25. The third-order valence-electron chi connectivity index (χ3n) is 1.95. The lowest BCUT2D eigenvalue weighted by atomic mass is 9.84. The van der Waals surface area contributed by atoms with Gasteiger partial charge in [0, 0.05) is 18.0 Å². The number of hydrogen-bond acceptors (Lipinski definition) is 4. The van der Waals surface area contributed by atoms with E-state index in [1.807, 2.05) is 0 Å². The van der Waals surface area contributed by atoms with Crippen molar-refractivity contribution in [3.05, 3.63) is 24.3 Å². The Kier molecular flexibility index (Phi) is 2.95. The molecule has 0 aromatic carbocycles. The van der Waals surface area contributed by atoms with E-state index in [1.54, 1.807) is 12.4 Å². The van der Waals surface area contributed by atoms with Crippen molar-refractivity contribution < 1.29 is 0 Å². The minimum atomic E-state index is 0.0550. The summed E-state index contributed by atoms with van der Waals surface area (Å²) in [4.78, 5) is 7.92. The average Bonchev–Trinajstić information content (AvgIpc) is 2.05. The van der Waals surface area contributed by atoms with Gasteiger partial charge in [0.15, 0.2) is 0 Å². The van der Waals surface area contributed by atoms with E-state index in [1.165, 1.54) is 6.33 Å². The Morgan fingerprint density at radius 3 is 2.23 bits per heavy atom. The molecule has 0 bridgehead atoms. The SMILES string of the molecule is CC(C)(C)C(NN)c1cncnc1. The monoisotopic (exact) mass is 180 g/mol. The average molecular weight is 180 g/mol. The molecule has 0 saturated carbocycles. The van der Waals surface area contributed by atoms with E-state index >= 15 is 0 Å². The Morgan fingerprint density at radius 1 is 1.31 bits per heavy atom. The van der Waals surface area contributed by atoms with Gasteiger partial charge in [-0.1, -0.05) is 20.8 Å². The Bertz CT molecular complexity index is 252. The summed E-state index contributed by atoms with van der Waals surface area (Å²) < 4.78 is 0. The van der Waals surface area contributed by atoms with Crippen molar-refractivity contribution in [2.24, 2.45) is 11.3 Å². The van der Waals surface area contributed by atoms with Crippen LogP contribution in [0.3, 0.4) is 0 Å². The normalized spacial score (nSPS) is 14.2. The van der Waals surface area contributed by atoms with Crippen LogP contribution in [0.1, 0.15) is 32.4 Å². The molecule has 13 heavy (non-hydrogen) atoms. The number of nitrogens with two attached hydrogens (primary N) is 1. The molecule has 1 heterocycles. The topological polar surface area (TPSA) is 63.8 Å². The minimum Gasteiger partial charge on any atom is -0.271 e. The summed E-state index contributed by atoms with van der Waals surface area (Å²) >= 11 is 0. The molecule has 0 radical (unpaired) electrons. The molecule has 0 spiro atoms. The first-order valence-corrected chi connectivity index (χ1v) is 4.26. The third-order valence-corrected chi connectivity index (χ3v) is 1.95. The second-order valence-corrected chi connectivity index (χ2v) is 4.14. The minimum absolute atomic E-state index is 0.0550. The van der Waals surface area contributed by atoms with Gasteiger partial charge in [0.05, 0.1) is 6.04 Å². The second kappa shape index (κ2) is 3.81. The largest absolute Gasteiger partial charge is 0.271 e. The zero-order valence-corrected chi connectivity index (χ0v) is 8.28. The molecule has 0 amide bonds. The van der Waals surface area contributed by atoms with Crippen molar-refractivity contribution in [1.29, 1.82) is 0 Å². The number of nitrogens with one attached hydrogen (secondary N) is 1. The van der Waals surface area contributed by atoms with Gasteiger partial charge >= 0.3 is 0 Å². The molecule has 72 valence electrons. The first kappa shape index (κ1) is 10.1. The van der Waals surface area contributed by atoms with Crippen LogP contribution in [0.15, 0.2) is 18.7 Å². The van der Waals surface area contributed by atoms with E-state index in [0.29, 0.717) is 0 Å². The molecule has 1 unspecified atom stereocenters. The number of hydrazine groups is 1. The Hall–Kier alpha value is -1.00.